The van der Waals surface area contributed by atoms with Crippen molar-refractivity contribution in [2.45, 2.75) is 33.4 Å². The van der Waals surface area contributed by atoms with Gasteiger partial charge in [-0.3, -0.25) is 6.08 Å². The Kier molecular flexibility index (Phi) is 46.4. The van der Waals surface area contributed by atoms with Crippen molar-refractivity contribution in [1.82, 2.24) is 0 Å². The first-order valence-electron chi connectivity index (χ1n) is 4.24. The minimum absolute atomic E-state index is 0. The van der Waals surface area contributed by atoms with E-state index in [-0.39, 0.29) is 50.7 Å². The van der Waals surface area contributed by atoms with Crippen LogP contribution in [0, 0.1) is 6.08 Å². The summed E-state index contributed by atoms with van der Waals surface area (Å²) in [6, 6.07) is 0. The van der Waals surface area contributed by atoms with Gasteiger partial charge in [0, 0.05) is 15.4 Å². The molecule has 0 heterocycles. The molecule has 2 nitrogen and oxygen atoms in total. The molecule has 91 valence electrons. The van der Waals surface area contributed by atoms with E-state index in [1.807, 2.05) is 6.08 Å². The van der Waals surface area contributed by atoms with Crippen molar-refractivity contribution in [3.63, 3.8) is 0 Å². The van der Waals surface area contributed by atoms with Crippen molar-refractivity contribution in [1.29, 1.82) is 0 Å². The van der Waals surface area contributed by atoms with Crippen molar-refractivity contribution < 1.29 is 55.5 Å². The molecule has 1 aliphatic carbocycles. The van der Waals surface area contributed by atoms with Crippen molar-refractivity contribution in [2.24, 2.45) is 0 Å². The van der Waals surface area contributed by atoms with Crippen molar-refractivity contribution in [2.75, 3.05) is 0 Å². The quantitative estimate of drug-likeness (QED) is 0.286. The van der Waals surface area contributed by atoms with Crippen LogP contribution in [0.1, 0.15) is 20.3 Å². The predicted molar refractivity (Wildman–Crippen MR) is 60.1 cm³/mol. The van der Waals surface area contributed by atoms with E-state index in [4.69, 9.17) is 10.5 Å². The third-order valence-corrected chi connectivity index (χ3v) is 0.872. The van der Waals surface area contributed by atoms with Gasteiger partial charge in [-0.25, -0.2) is 11.6 Å². The van der Waals surface area contributed by atoms with Gasteiger partial charge in [0.1, 0.15) is 0 Å². The Bertz CT molecular complexity index is 193. The molecule has 0 bridgehead atoms. The topological polar surface area (TPSA) is 40.9 Å². The maximum absolute atomic E-state index is 9.11. The summed E-state index contributed by atoms with van der Waals surface area (Å²) in [5.74, 6) is -0.583. The molecule has 1 radical (unpaired) electrons. The van der Waals surface area contributed by atoms with Crippen molar-refractivity contribution >= 4 is 15.4 Å². The maximum atomic E-state index is 9.11. The van der Waals surface area contributed by atoms with Crippen LogP contribution >= 0.6 is 0 Å². The van der Waals surface area contributed by atoms with Gasteiger partial charge in [-0.05, 0) is 6.92 Å². The third kappa shape index (κ3) is 46.7. The van der Waals surface area contributed by atoms with Crippen LogP contribution in [0.2, 0.25) is 13.1 Å². The monoisotopic (exact) mass is 446 g/mol. The van der Waals surface area contributed by atoms with Gasteiger partial charge in [0.05, 0.1) is 0 Å². The molecular weight excluding hydrogens is 428 g/mol. The van der Waals surface area contributed by atoms with Crippen molar-refractivity contribution in [3.8, 4) is 0 Å². The van der Waals surface area contributed by atoms with E-state index in [1.165, 1.54) is 12.5 Å². The van der Waals surface area contributed by atoms with E-state index < -0.39 is 5.91 Å². The average Bonchev–Trinajstić information content (AvgIpc) is 2.39. The van der Waals surface area contributed by atoms with E-state index >= 15 is 0 Å². The predicted octanol–water partition coefficient (Wildman–Crippen LogP) is -3.19. The Hall–Kier alpha value is 0.617. The molecule has 0 aromatic rings. The molecule has 0 saturated heterocycles. The van der Waals surface area contributed by atoms with Gasteiger partial charge >= 0.3 is 25.8 Å². The molecule has 0 aliphatic heterocycles. The molecule has 0 aromatic heterocycles. The molecule has 1 aliphatic rings. The zero-order chi connectivity index (χ0) is 10.7. The van der Waals surface area contributed by atoms with Gasteiger partial charge in [-0.1, -0.05) is 13.1 Å². The smallest absolute Gasteiger partial charge is 1.00 e. The number of hydrogen-bond acceptors (Lipinski definition) is 1. The Labute approximate surface area is 133 Å². The maximum Gasteiger partial charge on any atom is 4.00 e. The SMILES string of the molecule is CC([NH-])=O.CC1=CC[C-]=C1.C[SiH]C.[Cl-].[Cl-].[Hf+4]. The Balaban J connectivity index is -0.0000000368. The van der Waals surface area contributed by atoms with Crippen LogP contribution in [0.4, 0.5) is 0 Å². The summed E-state index contributed by atoms with van der Waals surface area (Å²) in [6.07, 6.45) is 8.24. The summed E-state index contributed by atoms with van der Waals surface area (Å²) in [5.41, 5.74) is 7.29. The van der Waals surface area contributed by atoms with Gasteiger partial charge in [0.2, 0.25) is 0 Å². The van der Waals surface area contributed by atoms with Gasteiger partial charge in [-0.2, -0.15) is 6.08 Å². The standard InChI is InChI=1S/C6H7.C2H5NO.C2H7Si.2ClH.Hf/c1-6-4-2-3-5-6;1-2(3)4;1-3-2;;;/h4-5H,2H2,1H3;1H3,(H2,3,4);3H,1-2H3;2*1H;/q-1;;;;;+4/p-3. The number of carbonyl (C=O) groups excluding carboxylic acids is 1. The largest absolute Gasteiger partial charge is 4.00 e. The number of amides is 1. The first-order chi connectivity index (χ1) is 6.04. The second-order valence-corrected chi connectivity index (χ2v) is 3.79. The van der Waals surface area contributed by atoms with Crippen LogP contribution in [0.5, 0.6) is 0 Å². The number of hydrogen-bond donors (Lipinski definition) is 0. The molecule has 1 N–H and O–H groups in total. The number of halogens is 2. The number of allylic oxidation sites excluding steroid dienone is 4. The summed E-state index contributed by atoms with van der Waals surface area (Å²) < 4.78 is 0. The van der Waals surface area contributed by atoms with Crippen LogP contribution in [0.25, 0.3) is 5.73 Å². The molecule has 6 heteroatoms. The number of carbonyl (C=O) groups is 1. The van der Waals surface area contributed by atoms with Crippen LogP contribution in [0.15, 0.2) is 17.7 Å². The van der Waals surface area contributed by atoms with E-state index in [1.54, 1.807) is 0 Å². The summed E-state index contributed by atoms with van der Waals surface area (Å²) in [4.78, 5) is 9.11. The first-order valence-corrected chi connectivity index (χ1v) is 6.55. The van der Waals surface area contributed by atoms with Gasteiger partial charge in [0.25, 0.3) is 0 Å². The minimum Gasteiger partial charge on any atom is -1.00 e. The summed E-state index contributed by atoms with van der Waals surface area (Å²) in [5, 5.41) is 0. The summed E-state index contributed by atoms with van der Waals surface area (Å²) in [6.45, 7) is 7.69. The number of nitrogens with one attached hydrogen (secondary N) is 1. The van der Waals surface area contributed by atoms with Gasteiger partial charge in [-0.15, -0.1) is 13.3 Å². The second-order valence-electron chi connectivity index (χ2n) is 2.63. The van der Waals surface area contributed by atoms with E-state index in [2.05, 4.69) is 32.2 Å². The Morgan fingerprint density at radius 1 is 1.44 bits per heavy atom. The third-order valence-electron chi connectivity index (χ3n) is 0.872. The molecule has 16 heavy (non-hydrogen) atoms. The van der Waals surface area contributed by atoms with Crippen LogP contribution in [0.3, 0.4) is 0 Å². The fraction of sp³-hybridized carbons (Fsp3) is 0.500. The molecule has 0 atom stereocenters. The van der Waals surface area contributed by atoms with Crippen LogP contribution < -0.4 is 24.8 Å². The van der Waals surface area contributed by atoms with E-state index in [0.29, 0.717) is 0 Å². The molecule has 1 amide bonds. The number of rotatable bonds is 0. The molecule has 0 aromatic carbocycles. The van der Waals surface area contributed by atoms with Crippen LogP contribution in [-0.4, -0.2) is 15.4 Å². The normalized spacial score (nSPS) is 9.62. The molecule has 0 saturated carbocycles. The molecule has 0 unspecified atom stereocenters. The molecule has 1 rings (SSSR count). The zero-order valence-corrected chi connectivity index (χ0v) is 16.4. The molecule has 0 fully saturated rings. The van der Waals surface area contributed by atoms with E-state index in [0.717, 1.165) is 15.9 Å². The fourth-order valence-electron chi connectivity index (χ4n) is 0.499. The van der Waals surface area contributed by atoms with E-state index in [9.17, 15) is 0 Å². The molecule has 0 spiro atoms. The van der Waals surface area contributed by atoms with Crippen LogP contribution in [-0.2, 0) is 30.6 Å². The first kappa shape index (κ1) is 30.0. The zero-order valence-electron chi connectivity index (χ0n) is 10.1. The minimum atomic E-state index is -0.583. The molecular formula is C10H18Cl2HfNOSi. The van der Waals surface area contributed by atoms with Gasteiger partial charge < -0.3 is 35.3 Å². The Morgan fingerprint density at radius 3 is 1.81 bits per heavy atom. The average molecular weight is 446 g/mol. The summed E-state index contributed by atoms with van der Waals surface area (Å²) >= 11 is 0. The fourth-order valence-corrected chi connectivity index (χ4v) is 0.499. The summed E-state index contributed by atoms with van der Waals surface area (Å²) in [7, 11) is 0.750. The van der Waals surface area contributed by atoms with Gasteiger partial charge in [0.15, 0.2) is 0 Å². The van der Waals surface area contributed by atoms with Crippen molar-refractivity contribution in [3.05, 3.63) is 29.5 Å². The second kappa shape index (κ2) is 24.7. The Morgan fingerprint density at radius 2 is 1.75 bits per heavy atom.